The predicted octanol–water partition coefficient (Wildman–Crippen LogP) is 3.50. The van der Waals surface area contributed by atoms with Gasteiger partial charge in [0.15, 0.2) is 0 Å². The van der Waals surface area contributed by atoms with Crippen molar-refractivity contribution in [1.82, 2.24) is 4.90 Å². The maximum absolute atomic E-state index is 13.9. The van der Waals surface area contributed by atoms with Gasteiger partial charge in [-0.15, -0.1) is 0 Å². The number of carbonyl (C=O) groups is 1. The molecule has 1 aromatic rings. The highest BCUT2D eigenvalue weighted by atomic mass is 35.5. The fourth-order valence-corrected chi connectivity index (χ4v) is 2.75. The number of halogens is 3. The van der Waals surface area contributed by atoms with Gasteiger partial charge in [0.1, 0.15) is 11.7 Å². The van der Waals surface area contributed by atoms with Gasteiger partial charge in [0, 0.05) is 5.02 Å². The molecular weight excluding hydrogens is 328 g/mol. The zero-order chi connectivity index (χ0) is 17.4. The maximum atomic E-state index is 13.9. The Kier molecular flexibility index (Phi) is 4.87. The van der Waals surface area contributed by atoms with Crippen LogP contribution in [-0.4, -0.2) is 46.3 Å². The monoisotopic (exact) mass is 347 g/mol. The number of rotatable bonds is 2. The van der Waals surface area contributed by atoms with E-state index in [1.807, 2.05) is 0 Å². The van der Waals surface area contributed by atoms with Gasteiger partial charge in [-0.25, -0.2) is 13.6 Å². The van der Waals surface area contributed by atoms with Crippen molar-refractivity contribution in [1.29, 1.82) is 0 Å². The number of ether oxygens (including phenoxy) is 1. The van der Waals surface area contributed by atoms with E-state index in [1.54, 1.807) is 45.0 Å². The Morgan fingerprint density at radius 3 is 2.70 bits per heavy atom. The predicted molar refractivity (Wildman–Crippen MR) is 82.8 cm³/mol. The van der Waals surface area contributed by atoms with Gasteiger partial charge in [-0.3, -0.25) is 4.90 Å². The summed E-state index contributed by atoms with van der Waals surface area (Å²) in [5.74, 6) is -3.37. The van der Waals surface area contributed by atoms with E-state index in [2.05, 4.69) is 0 Å². The van der Waals surface area contributed by atoms with Crippen molar-refractivity contribution in [2.24, 2.45) is 0 Å². The van der Waals surface area contributed by atoms with Crippen molar-refractivity contribution in [3.63, 3.8) is 0 Å². The van der Waals surface area contributed by atoms with Gasteiger partial charge in [-0.1, -0.05) is 23.7 Å². The van der Waals surface area contributed by atoms with E-state index in [1.165, 1.54) is 0 Å². The lowest BCUT2D eigenvalue weighted by Crippen LogP contribution is -2.44. The Morgan fingerprint density at radius 2 is 2.13 bits per heavy atom. The SMILES string of the molecule is CC(C)(C)OC(=O)N1CC(F)(F)C(O)[C@@H]1Cc1cccc(Cl)c1. The molecule has 1 fully saturated rings. The summed E-state index contributed by atoms with van der Waals surface area (Å²) in [5, 5.41) is 10.4. The van der Waals surface area contributed by atoms with E-state index >= 15 is 0 Å². The van der Waals surface area contributed by atoms with Crippen LogP contribution in [0.4, 0.5) is 13.6 Å². The van der Waals surface area contributed by atoms with Gasteiger partial charge >= 0.3 is 6.09 Å². The number of hydrogen-bond acceptors (Lipinski definition) is 3. The highest BCUT2D eigenvalue weighted by Crippen LogP contribution is 2.35. The topological polar surface area (TPSA) is 49.8 Å². The molecule has 1 heterocycles. The van der Waals surface area contributed by atoms with Crippen LogP contribution >= 0.6 is 11.6 Å². The largest absolute Gasteiger partial charge is 0.444 e. The van der Waals surface area contributed by atoms with Crippen LogP contribution in [0.25, 0.3) is 0 Å². The summed E-state index contributed by atoms with van der Waals surface area (Å²) in [6, 6.07) is 5.62. The van der Waals surface area contributed by atoms with E-state index in [-0.39, 0.29) is 6.42 Å². The minimum Gasteiger partial charge on any atom is -0.444 e. The molecule has 1 aliphatic rings. The van der Waals surface area contributed by atoms with Crippen molar-refractivity contribution in [2.45, 2.75) is 50.9 Å². The second kappa shape index (κ2) is 6.24. The Bertz CT molecular complexity index is 589. The van der Waals surface area contributed by atoms with Gasteiger partial charge in [0.05, 0.1) is 12.6 Å². The Hall–Kier alpha value is -1.40. The molecule has 0 saturated carbocycles. The summed E-state index contributed by atoms with van der Waals surface area (Å²) in [4.78, 5) is 13.1. The number of benzene rings is 1. The molecule has 23 heavy (non-hydrogen) atoms. The van der Waals surface area contributed by atoms with Crippen molar-refractivity contribution in [2.75, 3.05) is 6.54 Å². The lowest BCUT2D eigenvalue weighted by Gasteiger charge is -2.28. The molecule has 0 spiro atoms. The number of nitrogens with zero attached hydrogens (tertiary/aromatic N) is 1. The Balaban J connectivity index is 2.23. The molecule has 1 unspecified atom stereocenters. The first kappa shape index (κ1) is 17.9. The third-order valence-corrected chi connectivity index (χ3v) is 3.78. The zero-order valence-electron chi connectivity index (χ0n) is 13.2. The zero-order valence-corrected chi connectivity index (χ0v) is 14.0. The van der Waals surface area contributed by atoms with Crippen LogP contribution in [0.1, 0.15) is 26.3 Å². The molecule has 1 saturated heterocycles. The average Bonchev–Trinajstić information content (AvgIpc) is 2.61. The first-order valence-corrected chi connectivity index (χ1v) is 7.67. The number of amides is 1. The van der Waals surface area contributed by atoms with Crippen LogP contribution in [0.15, 0.2) is 24.3 Å². The van der Waals surface area contributed by atoms with E-state index in [0.717, 1.165) is 4.90 Å². The molecule has 2 rings (SSSR count). The molecule has 1 aromatic carbocycles. The Morgan fingerprint density at radius 1 is 1.48 bits per heavy atom. The summed E-state index contributed by atoms with van der Waals surface area (Å²) in [6.45, 7) is 4.10. The van der Waals surface area contributed by atoms with E-state index in [4.69, 9.17) is 16.3 Å². The number of aliphatic hydroxyl groups excluding tert-OH is 1. The van der Waals surface area contributed by atoms with Gasteiger partial charge in [-0.05, 0) is 44.9 Å². The van der Waals surface area contributed by atoms with Crippen LogP contribution in [0.5, 0.6) is 0 Å². The normalized spacial score (nSPS) is 23.9. The number of carbonyl (C=O) groups excluding carboxylic acids is 1. The molecule has 0 aliphatic carbocycles. The Labute approximate surface area is 139 Å². The van der Waals surface area contributed by atoms with Crippen LogP contribution in [0.2, 0.25) is 5.02 Å². The maximum Gasteiger partial charge on any atom is 0.410 e. The van der Waals surface area contributed by atoms with Crippen molar-refractivity contribution < 1.29 is 23.4 Å². The number of likely N-dealkylation sites (tertiary alicyclic amines) is 1. The summed E-state index contributed by atoms with van der Waals surface area (Å²) >= 11 is 5.89. The molecule has 0 aromatic heterocycles. The molecular formula is C16H20ClF2NO3. The lowest BCUT2D eigenvalue weighted by molar-refractivity contribution is -0.0806. The van der Waals surface area contributed by atoms with E-state index < -0.39 is 36.3 Å². The first-order chi connectivity index (χ1) is 10.5. The molecule has 128 valence electrons. The fraction of sp³-hybridized carbons (Fsp3) is 0.562. The summed E-state index contributed by atoms with van der Waals surface area (Å²) in [5.41, 5.74) is -0.145. The number of alkyl halides is 2. The molecule has 1 N–H and O–H groups in total. The van der Waals surface area contributed by atoms with Crippen molar-refractivity contribution >= 4 is 17.7 Å². The first-order valence-electron chi connectivity index (χ1n) is 7.29. The second-order valence-corrected chi connectivity index (χ2v) is 7.15. The fourth-order valence-electron chi connectivity index (χ4n) is 2.54. The van der Waals surface area contributed by atoms with Gasteiger partial charge in [-0.2, -0.15) is 0 Å². The quantitative estimate of drug-likeness (QED) is 0.890. The summed E-state index contributed by atoms with van der Waals surface area (Å²) in [7, 11) is 0. The third kappa shape index (κ3) is 4.32. The van der Waals surface area contributed by atoms with Crippen molar-refractivity contribution in [3.8, 4) is 0 Å². The van der Waals surface area contributed by atoms with Gasteiger partial charge in [0.2, 0.25) is 0 Å². The minimum atomic E-state index is -3.37. The van der Waals surface area contributed by atoms with Crippen LogP contribution in [0, 0.1) is 0 Å². The van der Waals surface area contributed by atoms with Crippen LogP contribution in [-0.2, 0) is 11.2 Å². The molecule has 1 aliphatic heterocycles. The average molecular weight is 348 g/mol. The van der Waals surface area contributed by atoms with Crippen LogP contribution in [0.3, 0.4) is 0 Å². The summed E-state index contributed by atoms with van der Waals surface area (Å²) < 4.78 is 32.9. The summed E-state index contributed by atoms with van der Waals surface area (Å²) in [6.07, 6.45) is -2.74. The van der Waals surface area contributed by atoms with Gasteiger partial charge < -0.3 is 9.84 Å². The molecule has 0 radical (unpaired) electrons. The molecule has 2 atom stereocenters. The van der Waals surface area contributed by atoms with E-state index in [9.17, 15) is 18.7 Å². The highest BCUT2D eigenvalue weighted by Gasteiger charge is 2.56. The second-order valence-electron chi connectivity index (χ2n) is 6.72. The smallest absolute Gasteiger partial charge is 0.410 e. The molecule has 1 amide bonds. The van der Waals surface area contributed by atoms with E-state index in [0.29, 0.717) is 10.6 Å². The number of hydrogen-bond donors (Lipinski definition) is 1. The van der Waals surface area contributed by atoms with Crippen LogP contribution < -0.4 is 0 Å². The molecule has 4 nitrogen and oxygen atoms in total. The highest BCUT2D eigenvalue weighted by molar-refractivity contribution is 6.30. The lowest BCUT2D eigenvalue weighted by atomic mass is 10.0. The minimum absolute atomic E-state index is 0.0660. The van der Waals surface area contributed by atoms with Crippen molar-refractivity contribution in [3.05, 3.63) is 34.9 Å². The number of aliphatic hydroxyl groups is 1. The standard InChI is InChI=1S/C16H20ClF2NO3/c1-15(2,3)23-14(22)20-9-16(18,19)13(21)12(20)8-10-5-4-6-11(17)7-10/h4-7,12-13,21H,8-9H2,1-3H3/t12-,13?/m0/s1. The molecule has 0 bridgehead atoms. The molecule has 7 heteroatoms. The van der Waals surface area contributed by atoms with Gasteiger partial charge in [0.25, 0.3) is 5.92 Å². The third-order valence-electron chi connectivity index (χ3n) is 3.54.